The van der Waals surface area contributed by atoms with Crippen molar-refractivity contribution >= 4 is 27.6 Å². The third-order valence-electron chi connectivity index (χ3n) is 3.70. The van der Waals surface area contributed by atoms with Gasteiger partial charge in [0.2, 0.25) is 5.91 Å². The summed E-state index contributed by atoms with van der Waals surface area (Å²) in [6.07, 6.45) is -4.72. The van der Waals surface area contributed by atoms with E-state index in [1.807, 2.05) is 0 Å². The molecule has 2 aromatic carbocycles. The quantitative estimate of drug-likeness (QED) is 0.657. The fourth-order valence-corrected chi connectivity index (χ4v) is 3.34. The van der Waals surface area contributed by atoms with E-state index in [1.165, 1.54) is 31.4 Å². The Hall–Kier alpha value is -3.08. The van der Waals surface area contributed by atoms with Crippen molar-refractivity contribution in [2.45, 2.75) is 17.5 Å². The average Bonchev–Trinajstić information content (AvgIpc) is 2.67. The number of nitrogens with one attached hydrogen (secondary N) is 2. The topological polar surface area (TPSA) is 102 Å². The first-order valence-corrected chi connectivity index (χ1v) is 9.62. The molecule has 0 aliphatic carbocycles. The largest absolute Gasteiger partial charge is 0.468 e. The molecule has 0 aliphatic heterocycles. The highest BCUT2D eigenvalue weighted by Gasteiger charge is 2.31. The van der Waals surface area contributed by atoms with Crippen LogP contribution >= 0.6 is 0 Å². The first-order chi connectivity index (χ1) is 13.5. The van der Waals surface area contributed by atoms with Crippen LogP contribution in [0, 0.1) is 0 Å². The fourth-order valence-electron chi connectivity index (χ4n) is 2.24. The molecule has 0 aliphatic rings. The van der Waals surface area contributed by atoms with Crippen LogP contribution in [0.25, 0.3) is 0 Å². The molecule has 0 spiro atoms. The standard InChI is InChI=1S/C18H17F3N2O5S/c1-28-17(25)11-22-16(24)9-12-5-7-14(8-6-12)23-29(26,27)15-4-2-3-13(10-15)18(19,20)21/h2-8,10,23H,9,11H2,1H3,(H,22,24). The summed E-state index contributed by atoms with van der Waals surface area (Å²) in [5.74, 6) is -1.04. The second-order valence-corrected chi connectivity index (χ2v) is 7.54. The Labute approximate surface area is 164 Å². The van der Waals surface area contributed by atoms with Gasteiger partial charge in [-0.2, -0.15) is 13.2 Å². The van der Waals surface area contributed by atoms with E-state index in [9.17, 15) is 31.2 Å². The highest BCUT2D eigenvalue weighted by molar-refractivity contribution is 7.92. The highest BCUT2D eigenvalue weighted by atomic mass is 32.2. The number of sulfonamides is 1. The summed E-state index contributed by atoms with van der Waals surface area (Å²) < 4.78 is 69.6. The lowest BCUT2D eigenvalue weighted by molar-refractivity contribution is -0.141. The number of carbonyl (C=O) groups excluding carboxylic acids is 2. The molecule has 11 heteroatoms. The van der Waals surface area contributed by atoms with Crippen LogP contribution in [0.4, 0.5) is 18.9 Å². The van der Waals surface area contributed by atoms with Gasteiger partial charge in [0, 0.05) is 5.69 Å². The Bertz CT molecular complexity index is 989. The number of ether oxygens (including phenoxy) is 1. The van der Waals surface area contributed by atoms with Crippen LogP contribution in [0.1, 0.15) is 11.1 Å². The molecule has 2 N–H and O–H groups in total. The third-order valence-corrected chi connectivity index (χ3v) is 5.08. The Kier molecular flexibility index (Phi) is 6.85. The van der Waals surface area contributed by atoms with Crippen molar-refractivity contribution < 1.29 is 35.9 Å². The summed E-state index contributed by atoms with van der Waals surface area (Å²) in [5, 5.41) is 2.36. The first kappa shape index (κ1) is 22.2. The van der Waals surface area contributed by atoms with Crippen molar-refractivity contribution in [2.24, 2.45) is 0 Å². The van der Waals surface area contributed by atoms with Crippen LogP contribution in [0.5, 0.6) is 0 Å². The van der Waals surface area contributed by atoms with Crippen LogP contribution in [0.3, 0.4) is 0 Å². The minimum atomic E-state index is -4.67. The number of hydrogen-bond donors (Lipinski definition) is 2. The maximum absolute atomic E-state index is 12.8. The maximum Gasteiger partial charge on any atom is 0.416 e. The lowest BCUT2D eigenvalue weighted by Gasteiger charge is -2.11. The van der Waals surface area contributed by atoms with Gasteiger partial charge in [-0.3, -0.25) is 14.3 Å². The predicted molar refractivity (Wildman–Crippen MR) is 97.4 cm³/mol. The normalized spacial score (nSPS) is 11.6. The van der Waals surface area contributed by atoms with Gasteiger partial charge in [-0.15, -0.1) is 0 Å². The highest BCUT2D eigenvalue weighted by Crippen LogP contribution is 2.30. The molecule has 0 heterocycles. The Morgan fingerprint density at radius 2 is 1.72 bits per heavy atom. The van der Waals surface area contributed by atoms with Gasteiger partial charge in [0.15, 0.2) is 0 Å². The summed E-state index contributed by atoms with van der Waals surface area (Å²) in [7, 11) is -3.05. The van der Waals surface area contributed by atoms with Crippen molar-refractivity contribution in [1.82, 2.24) is 5.32 Å². The van der Waals surface area contributed by atoms with Crippen molar-refractivity contribution in [1.29, 1.82) is 0 Å². The van der Waals surface area contributed by atoms with E-state index in [0.717, 1.165) is 18.2 Å². The minimum absolute atomic E-state index is 0.0579. The summed E-state index contributed by atoms with van der Waals surface area (Å²) in [6.45, 7) is -0.274. The van der Waals surface area contributed by atoms with Gasteiger partial charge in [0.05, 0.1) is 24.0 Å². The number of rotatable bonds is 7. The Balaban J connectivity index is 2.05. The fraction of sp³-hybridized carbons (Fsp3) is 0.222. The molecule has 156 valence electrons. The van der Waals surface area contributed by atoms with Crippen molar-refractivity contribution in [3.63, 3.8) is 0 Å². The summed E-state index contributed by atoms with van der Waals surface area (Å²) in [5.41, 5.74) is -0.427. The van der Waals surface area contributed by atoms with Crippen LogP contribution < -0.4 is 10.0 Å². The maximum atomic E-state index is 12.8. The first-order valence-electron chi connectivity index (χ1n) is 8.14. The van der Waals surface area contributed by atoms with E-state index in [4.69, 9.17) is 0 Å². The molecule has 0 saturated carbocycles. The van der Waals surface area contributed by atoms with Crippen LogP contribution in [-0.4, -0.2) is 33.9 Å². The minimum Gasteiger partial charge on any atom is -0.468 e. The van der Waals surface area contributed by atoms with E-state index in [-0.39, 0.29) is 18.7 Å². The van der Waals surface area contributed by atoms with Gasteiger partial charge in [-0.05, 0) is 35.9 Å². The van der Waals surface area contributed by atoms with Crippen molar-refractivity contribution in [2.75, 3.05) is 18.4 Å². The summed E-state index contributed by atoms with van der Waals surface area (Å²) in [6, 6.07) is 9.07. The smallest absolute Gasteiger partial charge is 0.416 e. The second-order valence-electron chi connectivity index (χ2n) is 5.86. The summed E-state index contributed by atoms with van der Waals surface area (Å²) >= 11 is 0. The lowest BCUT2D eigenvalue weighted by Crippen LogP contribution is -2.31. The molecule has 1 amide bonds. The Morgan fingerprint density at radius 1 is 1.07 bits per heavy atom. The van der Waals surface area contributed by atoms with Gasteiger partial charge in [0.1, 0.15) is 6.54 Å². The van der Waals surface area contributed by atoms with E-state index < -0.39 is 38.5 Å². The molecule has 7 nitrogen and oxygen atoms in total. The molecule has 0 bridgehead atoms. The Morgan fingerprint density at radius 3 is 2.31 bits per heavy atom. The molecule has 0 aromatic heterocycles. The zero-order valence-electron chi connectivity index (χ0n) is 15.1. The molecular weight excluding hydrogens is 413 g/mol. The molecule has 0 unspecified atom stereocenters. The zero-order valence-corrected chi connectivity index (χ0v) is 15.9. The number of halogens is 3. The molecule has 0 radical (unpaired) electrons. The van der Waals surface area contributed by atoms with Gasteiger partial charge < -0.3 is 10.1 Å². The average molecular weight is 430 g/mol. The number of methoxy groups -OCH3 is 1. The third kappa shape index (κ3) is 6.49. The molecule has 2 rings (SSSR count). The van der Waals surface area contributed by atoms with Gasteiger partial charge in [-0.25, -0.2) is 8.42 Å². The number of benzene rings is 2. The monoisotopic (exact) mass is 430 g/mol. The summed E-state index contributed by atoms with van der Waals surface area (Å²) in [4.78, 5) is 22.2. The molecule has 0 saturated heterocycles. The molecule has 0 atom stereocenters. The molecule has 2 aromatic rings. The van der Waals surface area contributed by atoms with E-state index in [1.54, 1.807) is 0 Å². The number of anilines is 1. The van der Waals surface area contributed by atoms with E-state index in [0.29, 0.717) is 11.6 Å². The number of carbonyl (C=O) groups is 2. The van der Waals surface area contributed by atoms with Gasteiger partial charge in [-0.1, -0.05) is 18.2 Å². The van der Waals surface area contributed by atoms with Crippen LogP contribution in [0.15, 0.2) is 53.4 Å². The number of esters is 1. The van der Waals surface area contributed by atoms with Gasteiger partial charge >= 0.3 is 12.1 Å². The lowest BCUT2D eigenvalue weighted by atomic mass is 10.1. The van der Waals surface area contributed by atoms with Crippen molar-refractivity contribution in [3.05, 3.63) is 59.7 Å². The zero-order chi connectivity index (χ0) is 21.7. The van der Waals surface area contributed by atoms with E-state index in [2.05, 4.69) is 14.8 Å². The van der Waals surface area contributed by atoms with E-state index >= 15 is 0 Å². The predicted octanol–water partition coefficient (Wildman–Crippen LogP) is 2.34. The van der Waals surface area contributed by atoms with Gasteiger partial charge in [0.25, 0.3) is 10.0 Å². The molecule has 29 heavy (non-hydrogen) atoms. The second kappa shape index (κ2) is 8.95. The van der Waals surface area contributed by atoms with Crippen LogP contribution in [-0.2, 0) is 36.9 Å². The SMILES string of the molecule is COC(=O)CNC(=O)Cc1ccc(NS(=O)(=O)c2cccc(C(F)(F)F)c2)cc1. The molecule has 0 fully saturated rings. The van der Waals surface area contributed by atoms with Crippen molar-refractivity contribution in [3.8, 4) is 0 Å². The van der Waals surface area contributed by atoms with Crippen LogP contribution in [0.2, 0.25) is 0 Å². The molecular formula is C18H17F3N2O5S. The number of amides is 1. The number of alkyl halides is 3. The number of hydrogen-bond acceptors (Lipinski definition) is 5.